The van der Waals surface area contributed by atoms with Gasteiger partial charge < -0.3 is 15.4 Å². The van der Waals surface area contributed by atoms with Crippen LogP contribution >= 0.6 is 0 Å². The summed E-state index contributed by atoms with van der Waals surface area (Å²) in [6.45, 7) is 10.9. The highest BCUT2D eigenvalue weighted by molar-refractivity contribution is 5.80. The Morgan fingerprint density at radius 1 is 1.07 bits per heavy atom. The van der Waals surface area contributed by atoms with E-state index >= 15 is 0 Å². The van der Waals surface area contributed by atoms with Crippen LogP contribution in [0.2, 0.25) is 0 Å². The molecule has 0 spiro atoms. The van der Waals surface area contributed by atoms with Crippen LogP contribution in [0.1, 0.15) is 50.7 Å². The Morgan fingerprint density at radius 3 is 2.41 bits per heavy atom. The third-order valence-electron chi connectivity index (χ3n) is 5.65. The molecular formula is C22H36N4O. The molecule has 0 unspecified atom stereocenters. The molecule has 150 valence electrons. The first-order chi connectivity index (χ1) is 13.2. The van der Waals surface area contributed by atoms with Crippen molar-refractivity contribution in [3.63, 3.8) is 0 Å². The van der Waals surface area contributed by atoms with E-state index in [1.807, 2.05) is 0 Å². The fourth-order valence-corrected chi connectivity index (χ4v) is 3.86. The summed E-state index contributed by atoms with van der Waals surface area (Å²) < 4.78 is 5.42. The highest BCUT2D eigenvalue weighted by Crippen LogP contribution is 2.23. The van der Waals surface area contributed by atoms with Crippen LogP contribution in [-0.2, 0) is 17.8 Å². The Bertz CT molecular complexity index is 572. The molecule has 2 N–H and O–H groups in total. The first-order valence-corrected chi connectivity index (χ1v) is 10.7. The minimum Gasteiger partial charge on any atom is -0.379 e. The summed E-state index contributed by atoms with van der Waals surface area (Å²) in [6.07, 6.45) is 5.15. The van der Waals surface area contributed by atoms with Gasteiger partial charge in [0, 0.05) is 32.2 Å². The Hall–Kier alpha value is -1.59. The van der Waals surface area contributed by atoms with E-state index in [0.29, 0.717) is 6.04 Å². The normalized spacial score (nSPS) is 24.6. The Labute approximate surface area is 164 Å². The van der Waals surface area contributed by atoms with Gasteiger partial charge in [0.05, 0.1) is 19.8 Å². The van der Waals surface area contributed by atoms with E-state index in [-0.39, 0.29) is 0 Å². The number of nitrogens with one attached hydrogen (secondary N) is 2. The first-order valence-electron chi connectivity index (χ1n) is 10.7. The summed E-state index contributed by atoms with van der Waals surface area (Å²) in [5, 5.41) is 7.03. The largest absolute Gasteiger partial charge is 0.379 e. The summed E-state index contributed by atoms with van der Waals surface area (Å²) in [6, 6.07) is 9.47. The molecular weight excluding hydrogens is 336 g/mol. The molecule has 0 bridgehead atoms. The number of hydrogen-bond acceptors (Lipinski definition) is 3. The lowest BCUT2D eigenvalue weighted by molar-refractivity contribution is 0.0342. The van der Waals surface area contributed by atoms with E-state index in [0.717, 1.165) is 57.8 Å². The van der Waals surface area contributed by atoms with Gasteiger partial charge in [-0.2, -0.15) is 0 Å². The number of guanidine groups is 1. The van der Waals surface area contributed by atoms with Gasteiger partial charge in [-0.1, -0.05) is 31.2 Å². The van der Waals surface area contributed by atoms with Crippen LogP contribution in [0, 0.1) is 5.92 Å². The fourth-order valence-electron chi connectivity index (χ4n) is 3.86. The van der Waals surface area contributed by atoms with Crippen LogP contribution < -0.4 is 10.6 Å². The average Bonchev–Trinajstić information content (AvgIpc) is 2.70. The van der Waals surface area contributed by atoms with Crippen molar-refractivity contribution in [2.75, 3.05) is 32.8 Å². The molecule has 1 saturated heterocycles. The number of morpholine rings is 1. The van der Waals surface area contributed by atoms with Crippen molar-refractivity contribution in [3.05, 3.63) is 35.4 Å². The highest BCUT2D eigenvalue weighted by atomic mass is 16.5. The van der Waals surface area contributed by atoms with Gasteiger partial charge in [-0.3, -0.25) is 4.90 Å². The molecule has 2 fully saturated rings. The molecule has 0 atom stereocenters. The Kier molecular flexibility index (Phi) is 7.96. The molecule has 5 nitrogen and oxygen atoms in total. The minimum absolute atomic E-state index is 0.565. The lowest BCUT2D eigenvalue weighted by Crippen LogP contribution is -2.44. The van der Waals surface area contributed by atoms with Gasteiger partial charge in [0.25, 0.3) is 0 Å². The molecule has 1 heterocycles. The quantitative estimate of drug-likeness (QED) is 0.595. The number of ether oxygens (including phenoxy) is 1. The second-order valence-electron chi connectivity index (χ2n) is 8.00. The van der Waals surface area contributed by atoms with Gasteiger partial charge in [0.15, 0.2) is 5.96 Å². The fraction of sp³-hybridized carbons (Fsp3) is 0.682. The Balaban J connectivity index is 1.50. The smallest absolute Gasteiger partial charge is 0.191 e. The molecule has 3 rings (SSSR count). The third kappa shape index (κ3) is 6.82. The lowest BCUT2D eigenvalue weighted by Gasteiger charge is -2.28. The number of hydrogen-bond donors (Lipinski definition) is 2. The standard InChI is InChI=1S/C22H36N4O/c1-3-23-22(25-21-10-4-18(2)5-11-21)24-16-19-6-8-20(9-7-19)17-26-12-14-27-15-13-26/h6-9,18,21H,3-5,10-17H2,1-2H3,(H2,23,24,25). The molecule has 1 aliphatic heterocycles. The molecule has 1 aromatic carbocycles. The SMILES string of the molecule is CCNC(=NCc1ccc(CN2CCOCC2)cc1)NC1CCC(C)CC1. The van der Waals surface area contributed by atoms with Crippen LogP contribution in [0.3, 0.4) is 0 Å². The monoisotopic (exact) mass is 372 g/mol. The zero-order valence-corrected chi connectivity index (χ0v) is 17.0. The van der Waals surface area contributed by atoms with E-state index in [1.165, 1.54) is 36.8 Å². The maximum atomic E-state index is 5.42. The van der Waals surface area contributed by atoms with Crippen molar-refractivity contribution in [1.29, 1.82) is 0 Å². The molecule has 5 heteroatoms. The van der Waals surface area contributed by atoms with Gasteiger partial charge in [-0.15, -0.1) is 0 Å². The van der Waals surface area contributed by atoms with E-state index in [9.17, 15) is 0 Å². The lowest BCUT2D eigenvalue weighted by atomic mass is 9.87. The topological polar surface area (TPSA) is 48.9 Å². The summed E-state index contributed by atoms with van der Waals surface area (Å²) in [7, 11) is 0. The van der Waals surface area contributed by atoms with Crippen molar-refractivity contribution in [2.45, 2.75) is 58.7 Å². The van der Waals surface area contributed by atoms with Crippen LogP contribution in [0.5, 0.6) is 0 Å². The second-order valence-corrected chi connectivity index (χ2v) is 8.00. The van der Waals surface area contributed by atoms with Gasteiger partial charge in [0.1, 0.15) is 0 Å². The molecule has 0 radical (unpaired) electrons. The minimum atomic E-state index is 0.565. The molecule has 0 amide bonds. The zero-order chi connectivity index (χ0) is 18.9. The second kappa shape index (κ2) is 10.7. The van der Waals surface area contributed by atoms with E-state index < -0.39 is 0 Å². The summed E-state index contributed by atoms with van der Waals surface area (Å²) in [5.41, 5.74) is 2.63. The zero-order valence-electron chi connectivity index (χ0n) is 17.0. The predicted octanol–water partition coefficient (Wildman–Crippen LogP) is 3.15. The van der Waals surface area contributed by atoms with Crippen LogP contribution in [-0.4, -0.2) is 49.7 Å². The number of rotatable bonds is 6. The molecule has 1 aromatic rings. The van der Waals surface area contributed by atoms with E-state index in [1.54, 1.807) is 0 Å². The molecule has 1 aliphatic carbocycles. The van der Waals surface area contributed by atoms with Gasteiger partial charge >= 0.3 is 0 Å². The van der Waals surface area contributed by atoms with E-state index in [4.69, 9.17) is 9.73 Å². The van der Waals surface area contributed by atoms with E-state index in [2.05, 4.69) is 53.6 Å². The predicted molar refractivity (Wildman–Crippen MR) is 112 cm³/mol. The van der Waals surface area contributed by atoms with Crippen LogP contribution in [0.4, 0.5) is 0 Å². The van der Waals surface area contributed by atoms with Crippen molar-refractivity contribution >= 4 is 5.96 Å². The van der Waals surface area contributed by atoms with Gasteiger partial charge in [-0.05, 0) is 49.7 Å². The van der Waals surface area contributed by atoms with Gasteiger partial charge in [-0.25, -0.2) is 4.99 Å². The maximum absolute atomic E-state index is 5.42. The van der Waals surface area contributed by atoms with Gasteiger partial charge in [0.2, 0.25) is 0 Å². The number of aliphatic imine (C=N–C) groups is 1. The summed E-state index contributed by atoms with van der Waals surface area (Å²) in [4.78, 5) is 7.26. The number of benzene rings is 1. The summed E-state index contributed by atoms with van der Waals surface area (Å²) >= 11 is 0. The van der Waals surface area contributed by atoms with Crippen molar-refractivity contribution in [3.8, 4) is 0 Å². The summed E-state index contributed by atoms with van der Waals surface area (Å²) in [5.74, 6) is 1.83. The number of nitrogens with zero attached hydrogens (tertiary/aromatic N) is 2. The highest BCUT2D eigenvalue weighted by Gasteiger charge is 2.18. The third-order valence-corrected chi connectivity index (χ3v) is 5.65. The van der Waals surface area contributed by atoms with Crippen molar-refractivity contribution < 1.29 is 4.74 Å². The van der Waals surface area contributed by atoms with Crippen LogP contribution in [0.25, 0.3) is 0 Å². The first kappa shape index (κ1) is 20.2. The Morgan fingerprint density at radius 2 is 1.74 bits per heavy atom. The molecule has 27 heavy (non-hydrogen) atoms. The molecule has 2 aliphatic rings. The molecule has 1 saturated carbocycles. The molecule has 0 aromatic heterocycles. The average molecular weight is 373 g/mol. The van der Waals surface area contributed by atoms with Crippen molar-refractivity contribution in [1.82, 2.24) is 15.5 Å². The van der Waals surface area contributed by atoms with Crippen molar-refractivity contribution in [2.24, 2.45) is 10.9 Å². The van der Waals surface area contributed by atoms with Crippen LogP contribution in [0.15, 0.2) is 29.3 Å². The maximum Gasteiger partial charge on any atom is 0.191 e.